The molecule has 1 N–H and O–H groups in total. The van der Waals surface area contributed by atoms with Gasteiger partial charge in [0, 0.05) is 5.02 Å². The van der Waals surface area contributed by atoms with Gasteiger partial charge in [-0.25, -0.2) is 13.8 Å². The van der Waals surface area contributed by atoms with Crippen LogP contribution >= 0.6 is 50.7 Å². The van der Waals surface area contributed by atoms with Crippen molar-refractivity contribution >= 4 is 78.6 Å². The first-order valence-corrected chi connectivity index (χ1v) is 16.0. The van der Waals surface area contributed by atoms with E-state index in [0.717, 1.165) is 9.87 Å². The zero-order chi connectivity index (χ0) is 31.1. The topological polar surface area (TPSA) is 97.3 Å². The molecule has 43 heavy (non-hydrogen) atoms. The third-order valence-corrected chi connectivity index (χ3v) is 9.40. The normalized spacial score (nSPS) is 11.4. The minimum Gasteiger partial charge on any atom is -0.493 e. The number of nitrogens with one attached hydrogen (secondary N) is 1. The zero-order valence-electron chi connectivity index (χ0n) is 22.9. The maximum atomic E-state index is 13.5. The quantitative estimate of drug-likeness (QED) is 0.127. The van der Waals surface area contributed by atoms with E-state index in [1.807, 2.05) is 0 Å². The number of aryl methyl sites for hydroxylation is 1. The molecule has 0 atom stereocenters. The molecule has 0 aliphatic heterocycles. The maximum Gasteiger partial charge on any atom is 0.264 e. The summed E-state index contributed by atoms with van der Waals surface area (Å²) in [5, 5.41) is 5.34. The van der Waals surface area contributed by atoms with E-state index in [-0.39, 0.29) is 11.5 Å². The summed E-state index contributed by atoms with van der Waals surface area (Å²) in [5.41, 5.74) is 4.69. The van der Waals surface area contributed by atoms with Crippen molar-refractivity contribution in [1.29, 1.82) is 0 Å². The zero-order valence-corrected chi connectivity index (χ0v) is 27.5. The van der Waals surface area contributed by atoms with Crippen LogP contribution in [0.2, 0.25) is 15.1 Å². The second kappa shape index (κ2) is 14.5. The van der Waals surface area contributed by atoms with E-state index in [1.54, 1.807) is 73.7 Å². The van der Waals surface area contributed by atoms with Crippen LogP contribution < -0.4 is 19.2 Å². The molecule has 224 valence electrons. The van der Waals surface area contributed by atoms with Crippen LogP contribution in [0, 0.1) is 6.92 Å². The molecular formula is C30H25BrCl3N3O5S. The summed E-state index contributed by atoms with van der Waals surface area (Å²) in [4.78, 5) is 13.0. The molecule has 1 amide bonds. The smallest absolute Gasteiger partial charge is 0.264 e. The second-order valence-corrected chi connectivity index (χ2v) is 13.1. The highest BCUT2D eigenvalue weighted by Crippen LogP contribution is 2.37. The third-order valence-electron chi connectivity index (χ3n) is 6.07. The highest BCUT2D eigenvalue weighted by Gasteiger charge is 2.28. The van der Waals surface area contributed by atoms with Gasteiger partial charge in [0.25, 0.3) is 15.9 Å². The summed E-state index contributed by atoms with van der Waals surface area (Å²) < 4.78 is 40.1. The van der Waals surface area contributed by atoms with Crippen molar-refractivity contribution in [3.63, 3.8) is 0 Å². The first kappa shape index (κ1) is 32.6. The lowest BCUT2D eigenvalue weighted by molar-refractivity contribution is -0.119. The number of rotatable bonds is 11. The molecule has 0 spiro atoms. The van der Waals surface area contributed by atoms with E-state index in [2.05, 4.69) is 26.5 Å². The number of hydrazone groups is 1. The number of hydrogen-bond acceptors (Lipinski definition) is 6. The van der Waals surface area contributed by atoms with Gasteiger partial charge in [0.2, 0.25) is 0 Å². The molecule has 8 nitrogen and oxygen atoms in total. The number of carbonyl (C=O) groups is 1. The van der Waals surface area contributed by atoms with E-state index >= 15 is 0 Å². The molecule has 4 rings (SSSR count). The summed E-state index contributed by atoms with van der Waals surface area (Å²) >= 11 is 21.7. The Morgan fingerprint density at radius 2 is 1.74 bits per heavy atom. The fourth-order valence-electron chi connectivity index (χ4n) is 4.00. The van der Waals surface area contributed by atoms with E-state index < -0.39 is 22.5 Å². The van der Waals surface area contributed by atoms with Gasteiger partial charge in [-0.15, -0.1) is 0 Å². The lowest BCUT2D eigenvalue weighted by atomic mass is 10.2. The number of halogens is 4. The summed E-state index contributed by atoms with van der Waals surface area (Å²) in [6.07, 6.45) is 1.40. The highest BCUT2D eigenvalue weighted by molar-refractivity contribution is 9.10. The number of nitrogens with zero attached hydrogens (tertiary/aromatic N) is 2. The Morgan fingerprint density at radius 1 is 1.00 bits per heavy atom. The number of ether oxygens (including phenoxy) is 2. The van der Waals surface area contributed by atoms with E-state index in [1.165, 1.54) is 25.5 Å². The fourth-order valence-corrected chi connectivity index (χ4v) is 6.63. The summed E-state index contributed by atoms with van der Waals surface area (Å²) in [6.45, 7) is 1.41. The maximum absolute atomic E-state index is 13.5. The van der Waals surface area contributed by atoms with E-state index in [4.69, 9.17) is 44.3 Å². The fraction of sp³-hybridized carbons (Fsp3) is 0.133. The van der Waals surface area contributed by atoms with Crippen LogP contribution in [0.15, 0.2) is 93.3 Å². The number of amides is 1. The van der Waals surface area contributed by atoms with Crippen LogP contribution in [0.3, 0.4) is 0 Å². The largest absolute Gasteiger partial charge is 0.493 e. The minimum atomic E-state index is -4.08. The Morgan fingerprint density at radius 3 is 2.42 bits per heavy atom. The lowest BCUT2D eigenvalue weighted by Crippen LogP contribution is -2.40. The van der Waals surface area contributed by atoms with Gasteiger partial charge in [-0.05, 0) is 94.1 Å². The molecule has 0 aliphatic carbocycles. The van der Waals surface area contributed by atoms with E-state index in [0.29, 0.717) is 47.9 Å². The standard InChI is InChI=1S/C30H25BrCl3N3O5S/c1-19-12-22(32)9-11-27(19)37(43(39,40)23-6-4-3-5-7-23)17-29(38)36-35-16-21-13-24(31)30(28(15-21)41-2)42-18-20-8-10-25(33)26(34)14-20/h3-16H,17-18H2,1-2H3,(H,36,38)/b35-16-. The summed E-state index contributed by atoms with van der Waals surface area (Å²) in [7, 11) is -2.59. The van der Waals surface area contributed by atoms with Crippen molar-refractivity contribution in [2.24, 2.45) is 5.10 Å². The molecule has 0 bridgehead atoms. The number of methoxy groups -OCH3 is 1. The molecule has 0 heterocycles. The van der Waals surface area contributed by atoms with Gasteiger partial charge in [-0.2, -0.15) is 5.10 Å². The summed E-state index contributed by atoms with van der Waals surface area (Å²) in [5.74, 6) is 0.216. The molecule has 4 aromatic rings. The van der Waals surface area contributed by atoms with Crippen molar-refractivity contribution < 1.29 is 22.7 Å². The van der Waals surface area contributed by atoms with Crippen LogP contribution in [0.1, 0.15) is 16.7 Å². The van der Waals surface area contributed by atoms with Gasteiger partial charge in [-0.3, -0.25) is 9.10 Å². The molecule has 0 radical (unpaired) electrons. The highest BCUT2D eigenvalue weighted by atomic mass is 79.9. The van der Waals surface area contributed by atoms with Crippen LogP contribution in [-0.2, 0) is 21.4 Å². The number of benzene rings is 4. The Kier molecular flexibility index (Phi) is 11.0. The van der Waals surface area contributed by atoms with Crippen molar-refractivity contribution in [2.75, 3.05) is 18.0 Å². The Hall–Kier alpha value is -3.28. The molecule has 13 heteroatoms. The minimum absolute atomic E-state index is 0.0408. The molecule has 0 saturated heterocycles. The van der Waals surface area contributed by atoms with Crippen molar-refractivity contribution in [2.45, 2.75) is 18.4 Å². The molecule has 0 unspecified atom stereocenters. The molecule has 0 aliphatic rings. The second-order valence-electron chi connectivity index (χ2n) is 9.12. The van der Waals surface area contributed by atoms with Crippen LogP contribution in [0.25, 0.3) is 0 Å². The number of sulfonamides is 1. The number of carbonyl (C=O) groups excluding carboxylic acids is 1. The molecule has 0 saturated carbocycles. The van der Waals surface area contributed by atoms with Gasteiger partial charge < -0.3 is 9.47 Å². The van der Waals surface area contributed by atoms with Crippen LogP contribution in [0.5, 0.6) is 11.5 Å². The third kappa shape index (κ3) is 8.21. The van der Waals surface area contributed by atoms with Gasteiger partial charge in [-0.1, -0.05) is 59.1 Å². The molecular weight excluding hydrogens is 701 g/mol. The monoisotopic (exact) mass is 723 g/mol. The van der Waals surface area contributed by atoms with E-state index in [9.17, 15) is 13.2 Å². The van der Waals surface area contributed by atoms with Crippen LogP contribution in [-0.4, -0.2) is 34.2 Å². The van der Waals surface area contributed by atoms with Gasteiger partial charge in [0.05, 0.1) is 38.4 Å². The Balaban J connectivity index is 1.50. The van der Waals surface area contributed by atoms with Crippen molar-refractivity contribution in [1.82, 2.24) is 5.43 Å². The molecule has 4 aromatic carbocycles. The van der Waals surface area contributed by atoms with Crippen molar-refractivity contribution in [3.8, 4) is 11.5 Å². The van der Waals surface area contributed by atoms with Crippen LogP contribution in [0.4, 0.5) is 5.69 Å². The molecule has 0 aromatic heterocycles. The predicted molar refractivity (Wildman–Crippen MR) is 174 cm³/mol. The SMILES string of the molecule is COc1cc(/C=N\NC(=O)CN(c2ccc(Cl)cc2C)S(=O)(=O)c2ccccc2)cc(Br)c1OCc1ccc(Cl)c(Cl)c1. The Bertz CT molecular complexity index is 1770. The average molecular weight is 726 g/mol. The van der Waals surface area contributed by atoms with Gasteiger partial charge in [0.15, 0.2) is 11.5 Å². The van der Waals surface area contributed by atoms with Gasteiger partial charge >= 0.3 is 0 Å². The number of anilines is 1. The van der Waals surface area contributed by atoms with Crippen molar-refractivity contribution in [3.05, 3.63) is 115 Å². The Labute approximate surface area is 273 Å². The number of hydrogen-bond donors (Lipinski definition) is 1. The molecule has 0 fully saturated rings. The first-order chi connectivity index (χ1) is 20.5. The predicted octanol–water partition coefficient (Wildman–Crippen LogP) is 7.65. The van der Waals surface area contributed by atoms with Gasteiger partial charge in [0.1, 0.15) is 13.2 Å². The summed E-state index contributed by atoms with van der Waals surface area (Å²) in [6, 6.07) is 21.2. The first-order valence-electron chi connectivity index (χ1n) is 12.6. The average Bonchev–Trinajstić information content (AvgIpc) is 2.97. The lowest BCUT2D eigenvalue weighted by Gasteiger charge is -2.25.